The topological polar surface area (TPSA) is 66.8 Å². The van der Waals surface area contributed by atoms with Crippen molar-refractivity contribution in [2.75, 3.05) is 6.54 Å². The number of aliphatic carboxylic acids is 1. The molecule has 0 aromatic carbocycles. The lowest BCUT2D eigenvalue weighted by molar-refractivity contribution is -0.138. The lowest BCUT2D eigenvalue weighted by Crippen LogP contribution is -2.46. The molecule has 1 amide bonds. The molecular weight excluding hydrogens is 198 g/mol. The zero-order chi connectivity index (χ0) is 11.4. The number of hydrogen-bond donors (Lipinski definition) is 1. The van der Waals surface area contributed by atoms with Crippen LogP contribution in [0.25, 0.3) is 0 Å². The van der Waals surface area contributed by atoms with Gasteiger partial charge in [-0.25, -0.2) is 4.79 Å². The summed E-state index contributed by atoms with van der Waals surface area (Å²) in [6, 6.07) is -0.114. The van der Waals surface area contributed by atoms with Crippen molar-refractivity contribution in [3.63, 3.8) is 0 Å². The maximum absolute atomic E-state index is 11.6. The number of hydrogen-bond acceptors (Lipinski definition) is 3. The number of carboxylic acid groups (broad SMARTS) is 1. The van der Waals surface area contributed by atoms with E-state index in [9.17, 15) is 9.59 Å². The van der Waals surface area contributed by atoms with Gasteiger partial charge in [-0.1, -0.05) is 0 Å². The van der Waals surface area contributed by atoms with Crippen molar-refractivity contribution in [3.05, 3.63) is 0 Å². The lowest BCUT2D eigenvalue weighted by atomic mass is 10.2. The van der Waals surface area contributed by atoms with E-state index in [0.717, 1.165) is 0 Å². The van der Waals surface area contributed by atoms with Crippen LogP contribution in [0.3, 0.4) is 0 Å². The fourth-order valence-electron chi connectivity index (χ4n) is 2.06. The zero-order valence-electron chi connectivity index (χ0n) is 9.06. The van der Waals surface area contributed by atoms with Crippen LogP contribution < -0.4 is 0 Å². The Labute approximate surface area is 88.0 Å². The summed E-state index contributed by atoms with van der Waals surface area (Å²) in [5.41, 5.74) is -0.518. The largest absolute Gasteiger partial charge is 0.481 e. The Morgan fingerprint density at radius 2 is 2.00 bits per heavy atom. The summed E-state index contributed by atoms with van der Waals surface area (Å²) >= 11 is 0. The second-order valence-corrected chi connectivity index (χ2v) is 5.15. The van der Waals surface area contributed by atoms with Crippen molar-refractivity contribution in [1.29, 1.82) is 0 Å². The first-order chi connectivity index (χ1) is 6.81. The second-order valence-electron chi connectivity index (χ2n) is 5.15. The molecule has 2 fully saturated rings. The molecule has 3 atom stereocenters. The molecule has 0 aromatic rings. The number of fused-ring (bicyclic) bond motifs is 1. The maximum Gasteiger partial charge on any atom is 0.410 e. The summed E-state index contributed by atoms with van der Waals surface area (Å²) in [5.74, 6) is -1.01. The number of likely N-dealkylation sites (tertiary alicyclic amines) is 1. The summed E-state index contributed by atoms with van der Waals surface area (Å²) < 4.78 is 5.16. The van der Waals surface area contributed by atoms with E-state index < -0.39 is 17.7 Å². The van der Waals surface area contributed by atoms with Gasteiger partial charge in [0.2, 0.25) is 0 Å². The molecule has 0 aromatic heterocycles. The standard InChI is InChI=1S/C10H15NO4/c1-10(2,3)15-9(14)11-4-5-6(7(5)11)8(12)13/h5-7H,4H2,1-3H3,(H,12,13)/t5-,6+,7-/m1/s1. The minimum absolute atomic E-state index is 0.114. The van der Waals surface area contributed by atoms with Crippen LogP contribution in [-0.4, -0.2) is 40.3 Å². The van der Waals surface area contributed by atoms with Crippen molar-refractivity contribution < 1.29 is 19.4 Å². The van der Waals surface area contributed by atoms with Crippen LogP contribution >= 0.6 is 0 Å². The minimum atomic E-state index is -0.809. The van der Waals surface area contributed by atoms with E-state index in [1.807, 2.05) is 0 Å². The Kier molecular flexibility index (Phi) is 1.96. The normalized spacial score (nSPS) is 32.7. The van der Waals surface area contributed by atoms with Gasteiger partial charge in [-0.05, 0) is 20.8 Å². The Morgan fingerprint density at radius 3 is 2.40 bits per heavy atom. The van der Waals surface area contributed by atoms with Crippen LogP contribution in [-0.2, 0) is 9.53 Å². The van der Waals surface area contributed by atoms with Gasteiger partial charge < -0.3 is 14.7 Å². The van der Waals surface area contributed by atoms with E-state index in [2.05, 4.69) is 0 Å². The van der Waals surface area contributed by atoms with Gasteiger partial charge in [-0.15, -0.1) is 0 Å². The van der Waals surface area contributed by atoms with Crippen molar-refractivity contribution in [2.45, 2.75) is 32.4 Å². The van der Waals surface area contributed by atoms with Gasteiger partial charge in [0.25, 0.3) is 0 Å². The number of carboxylic acids is 1. The monoisotopic (exact) mass is 213 g/mol. The van der Waals surface area contributed by atoms with Crippen LogP contribution in [0, 0.1) is 11.8 Å². The zero-order valence-corrected chi connectivity index (χ0v) is 9.06. The summed E-state index contributed by atoms with van der Waals surface area (Å²) in [5, 5.41) is 8.79. The molecule has 2 aliphatic rings. The third-order valence-electron chi connectivity index (χ3n) is 2.81. The molecule has 0 spiro atoms. The van der Waals surface area contributed by atoms with Crippen molar-refractivity contribution >= 4 is 12.1 Å². The van der Waals surface area contributed by atoms with Crippen LogP contribution in [0.5, 0.6) is 0 Å². The Balaban J connectivity index is 1.89. The first-order valence-electron chi connectivity index (χ1n) is 5.04. The number of ether oxygens (including phenoxy) is 1. The predicted octanol–water partition coefficient (Wildman–Crippen LogP) is 0.936. The van der Waals surface area contributed by atoms with E-state index >= 15 is 0 Å². The van der Waals surface area contributed by atoms with E-state index in [-0.39, 0.29) is 17.9 Å². The molecule has 15 heavy (non-hydrogen) atoms. The number of amides is 1. The molecule has 1 aliphatic heterocycles. The quantitative estimate of drug-likeness (QED) is 0.703. The molecule has 0 radical (unpaired) electrons. The molecule has 2 rings (SSSR count). The van der Waals surface area contributed by atoms with E-state index in [1.54, 1.807) is 20.8 Å². The molecule has 1 aliphatic carbocycles. The first kappa shape index (κ1) is 10.3. The van der Waals surface area contributed by atoms with Crippen LogP contribution in [0.1, 0.15) is 20.8 Å². The van der Waals surface area contributed by atoms with E-state index in [4.69, 9.17) is 9.84 Å². The highest BCUT2D eigenvalue weighted by Gasteiger charge is 2.68. The molecule has 84 valence electrons. The highest BCUT2D eigenvalue weighted by molar-refractivity contribution is 5.81. The summed E-state index contributed by atoms with van der Waals surface area (Å²) in [7, 11) is 0. The SMILES string of the molecule is CC(C)(C)OC(=O)N1C[C@@H]2[C@H](C(=O)O)[C@@H]21. The second kappa shape index (κ2) is 2.87. The van der Waals surface area contributed by atoms with Gasteiger partial charge in [0, 0.05) is 12.5 Å². The van der Waals surface area contributed by atoms with E-state index in [0.29, 0.717) is 6.54 Å². The minimum Gasteiger partial charge on any atom is -0.481 e. The summed E-state index contributed by atoms with van der Waals surface area (Å²) in [6.45, 7) is 5.91. The molecule has 1 saturated heterocycles. The molecule has 5 nitrogen and oxygen atoms in total. The van der Waals surface area contributed by atoms with Gasteiger partial charge in [0.05, 0.1) is 12.0 Å². The van der Waals surface area contributed by atoms with Crippen LogP contribution in [0.2, 0.25) is 0 Å². The van der Waals surface area contributed by atoms with Gasteiger partial charge in [0.1, 0.15) is 5.60 Å². The third kappa shape index (κ3) is 1.66. The molecule has 5 heteroatoms. The molecule has 0 unspecified atom stereocenters. The molecule has 0 bridgehead atoms. The maximum atomic E-state index is 11.6. The smallest absolute Gasteiger partial charge is 0.410 e. The van der Waals surface area contributed by atoms with Gasteiger partial charge >= 0.3 is 12.1 Å². The highest BCUT2D eigenvalue weighted by Crippen LogP contribution is 2.52. The first-order valence-corrected chi connectivity index (χ1v) is 5.04. The highest BCUT2D eigenvalue weighted by atomic mass is 16.6. The summed E-state index contributed by atoms with van der Waals surface area (Å²) in [6.07, 6.45) is -0.396. The van der Waals surface area contributed by atoms with Crippen LogP contribution in [0.15, 0.2) is 0 Å². The van der Waals surface area contributed by atoms with Crippen molar-refractivity contribution in [2.24, 2.45) is 11.8 Å². The molecular formula is C10H15NO4. The lowest BCUT2D eigenvalue weighted by Gasteiger charge is -2.32. The molecule has 1 saturated carbocycles. The van der Waals surface area contributed by atoms with Crippen molar-refractivity contribution in [1.82, 2.24) is 4.90 Å². The fraction of sp³-hybridized carbons (Fsp3) is 0.800. The Bertz CT molecular complexity index is 320. The number of carbonyl (C=O) groups excluding carboxylic acids is 1. The Morgan fingerprint density at radius 1 is 1.40 bits per heavy atom. The van der Waals surface area contributed by atoms with Crippen molar-refractivity contribution in [3.8, 4) is 0 Å². The van der Waals surface area contributed by atoms with E-state index in [1.165, 1.54) is 4.90 Å². The predicted molar refractivity (Wildman–Crippen MR) is 51.3 cm³/mol. The average molecular weight is 213 g/mol. The van der Waals surface area contributed by atoms with Crippen LogP contribution in [0.4, 0.5) is 4.79 Å². The fourth-order valence-corrected chi connectivity index (χ4v) is 2.06. The number of carbonyl (C=O) groups is 2. The Hall–Kier alpha value is -1.26. The van der Waals surface area contributed by atoms with Gasteiger partial charge in [-0.2, -0.15) is 0 Å². The molecule has 1 heterocycles. The summed E-state index contributed by atoms with van der Waals surface area (Å²) in [4.78, 5) is 23.8. The number of rotatable bonds is 1. The van der Waals surface area contributed by atoms with Gasteiger partial charge in [-0.3, -0.25) is 4.79 Å². The number of nitrogens with zero attached hydrogens (tertiary/aromatic N) is 1. The molecule has 1 N–H and O–H groups in total. The third-order valence-corrected chi connectivity index (χ3v) is 2.81. The average Bonchev–Trinajstić information content (AvgIpc) is 2.50. The van der Waals surface area contributed by atoms with Gasteiger partial charge in [0.15, 0.2) is 0 Å².